The van der Waals surface area contributed by atoms with Gasteiger partial charge in [-0.25, -0.2) is 8.42 Å². The van der Waals surface area contributed by atoms with Crippen molar-refractivity contribution >= 4 is 10.0 Å². The van der Waals surface area contributed by atoms with Crippen LogP contribution in [0.5, 0.6) is 17.2 Å². The molecule has 0 radical (unpaired) electrons. The molecule has 0 N–H and O–H groups in total. The number of nitrogens with zero attached hydrogens (tertiary/aromatic N) is 1. The van der Waals surface area contributed by atoms with Crippen LogP contribution in [0.2, 0.25) is 0 Å². The maximum Gasteiger partial charge on any atom is 0.243 e. The van der Waals surface area contributed by atoms with Crippen molar-refractivity contribution in [3.63, 3.8) is 0 Å². The molecule has 1 aliphatic rings. The fourth-order valence-corrected chi connectivity index (χ4v) is 3.59. The van der Waals surface area contributed by atoms with E-state index in [-0.39, 0.29) is 18.2 Å². The highest BCUT2D eigenvalue weighted by Crippen LogP contribution is 2.33. The molecule has 0 amide bonds. The summed E-state index contributed by atoms with van der Waals surface area (Å²) in [5.74, 6) is 1.96. The highest BCUT2D eigenvalue weighted by atomic mass is 32.2. The predicted octanol–water partition coefficient (Wildman–Crippen LogP) is 2.63. The fraction of sp³-hybridized carbons (Fsp3) is 0.294. The topological polar surface area (TPSA) is 65.1 Å². The smallest absolute Gasteiger partial charge is 0.243 e. The minimum atomic E-state index is -3.58. The van der Waals surface area contributed by atoms with E-state index < -0.39 is 10.0 Å². The van der Waals surface area contributed by atoms with Gasteiger partial charge in [0, 0.05) is 13.6 Å². The number of hydrogen-bond donors (Lipinski definition) is 0. The summed E-state index contributed by atoms with van der Waals surface area (Å²) in [5.41, 5.74) is 0.830. The molecule has 1 aliphatic heterocycles. The van der Waals surface area contributed by atoms with Crippen LogP contribution >= 0.6 is 0 Å². The number of ether oxygens (including phenoxy) is 3. The molecule has 2 aromatic rings. The van der Waals surface area contributed by atoms with Gasteiger partial charge in [0.2, 0.25) is 16.8 Å². The lowest BCUT2D eigenvalue weighted by Crippen LogP contribution is -2.26. The van der Waals surface area contributed by atoms with E-state index in [9.17, 15) is 8.42 Å². The van der Waals surface area contributed by atoms with Crippen LogP contribution in [-0.2, 0) is 16.6 Å². The summed E-state index contributed by atoms with van der Waals surface area (Å²) in [6.07, 6.45) is 0. The lowest BCUT2D eigenvalue weighted by molar-refractivity contribution is 0.174. The van der Waals surface area contributed by atoms with Crippen LogP contribution in [-0.4, -0.2) is 33.2 Å². The van der Waals surface area contributed by atoms with Gasteiger partial charge in [-0.2, -0.15) is 4.31 Å². The van der Waals surface area contributed by atoms with Crippen LogP contribution < -0.4 is 14.2 Å². The number of sulfonamides is 1. The van der Waals surface area contributed by atoms with Crippen molar-refractivity contribution in [1.82, 2.24) is 4.31 Å². The molecule has 24 heavy (non-hydrogen) atoms. The summed E-state index contributed by atoms with van der Waals surface area (Å²) in [6.45, 7) is 2.85. The van der Waals surface area contributed by atoms with Gasteiger partial charge in [0.05, 0.1) is 11.5 Å². The second-order valence-electron chi connectivity index (χ2n) is 5.35. The highest BCUT2D eigenvalue weighted by Gasteiger charge is 2.22. The van der Waals surface area contributed by atoms with Gasteiger partial charge < -0.3 is 14.2 Å². The Morgan fingerprint density at radius 2 is 1.79 bits per heavy atom. The van der Waals surface area contributed by atoms with Crippen molar-refractivity contribution in [3.8, 4) is 17.2 Å². The molecule has 0 saturated heterocycles. The summed E-state index contributed by atoms with van der Waals surface area (Å²) < 4.78 is 42.6. The first-order chi connectivity index (χ1) is 11.5. The first-order valence-electron chi connectivity index (χ1n) is 7.58. The molecule has 3 rings (SSSR count). The van der Waals surface area contributed by atoms with Gasteiger partial charge in [0.1, 0.15) is 5.75 Å². The van der Waals surface area contributed by atoms with Crippen molar-refractivity contribution in [1.29, 1.82) is 0 Å². The third-order valence-electron chi connectivity index (χ3n) is 3.69. The summed E-state index contributed by atoms with van der Waals surface area (Å²) >= 11 is 0. The van der Waals surface area contributed by atoms with Gasteiger partial charge in [-0.05, 0) is 48.9 Å². The predicted molar refractivity (Wildman–Crippen MR) is 88.8 cm³/mol. The molecule has 0 bridgehead atoms. The van der Waals surface area contributed by atoms with E-state index in [1.165, 1.54) is 4.31 Å². The standard InChI is InChI=1S/C17H19NO5S/c1-3-21-14-5-7-15(8-6-14)24(19,20)18(2)11-13-4-9-16-17(10-13)23-12-22-16/h4-10H,3,11-12H2,1-2H3. The Balaban J connectivity index is 1.76. The van der Waals surface area contributed by atoms with Gasteiger partial charge in [-0.15, -0.1) is 0 Å². The molecule has 2 aromatic carbocycles. The molecule has 0 unspecified atom stereocenters. The zero-order valence-corrected chi connectivity index (χ0v) is 14.4. The first-order valence-corrected chi connectivity index (χ1v) is 9.02. The summed E-state index contributed by atoms with van der Waals surface area (Å²) in [7, 11) is -2.03. The van der Waals surface area contributed by atoms with Gasteiger partial charge in [-0.1, -0.05) is 6.07 Å². The van der Waals surface area contributed by atoms with E-state index in [0.29, 0.717) is 23.9 Å². The third-order valence-corrected chi connectivity index (χ3v) is 5.50. The fourth-order valence-electron chi connectivity index (χ4n) is 2.44. The van der Waals surface area contributed by atoms with Gasteiger partial charge >= 0.3 is 0 Å². The van der Waals surface area contributed by atoms with E-state index in [4.69, 9.17) is 14.2 Å². The minimum absolute atomic E-state index is 0.194. The lowest BCUT2D eigenvalue weighted by Gasteiger charge is -2.17. The molecule has 0 fully saturated rings. The molecule has 0 atom stereocenters. The van der Waals surface area contributed by atoms with Gasteiger partial charge in [0.15, 0.2) is 11.5 Å². The Morgan fingerprint density at radius 3 is 2.50 bits per heavy atom. The average Bonchev–Trinajstić information content (AvgIpc) is 3.03. The molecule has 0 spiro atoms. The zero-order chi connectivity index (χ0) is 17.2. The van der Waals surface area contributed by atoms with E-state index in [1.54, 1.807) is 43.4 Å². The molecule has 7 heteroatoms. The van der Waals surface area contributed by atoms with E-state index in [1.807, 2.05) is 13.0 Å². The first kappa shape index (κ1) is 16.6. The monoisotopic (exact) mass is 349 g/mol. The number of benzene rings is 2. The minimum Gasteiger partial charge on any atom is -0.494 e. The summed E-state index contributed by atoms with van der Waals surface area (Å²) in [4.78, 5) is 0.231. The van der Waals surface area contributed by atoms with Crippen LogP contribution in [0.4, 0.5) is 0 Å². The molecule has 1 heterocycles. The Bertz CT molecular complexity index is 817. The third kappa shape index (κ3) is 3.32. The van der Waals surface area contributed by atoms with Crippen LogP contribution in [0.3, 0.4) is 0 Å². The number of hydrogen-bond acceptors (Lipinski definition) is 5. The zero-order valence-electron chi connectivity index (χ0n) is 13.6. The lowest BCUT2D eigenvalue weighted by atomic mass is 10.2. The number of rotatable bonds is 6. The average molecular weight is 349 g/mol. The Morgan fingerprint density at radius 1 is 1.08 bits per heavy atom. The van der Waals surface area contributed by atoms with Crippen LogP contribution in [0, 0.1) is 0 Å². The normalized spacial score (nSPS) is 13.3. The molecular weight excluding hydrogens is 330 g/mol. The number of fused-ring (bicyclic) bond motifs is 1. The summed E-state index contributed by atoms with van der Waals surface area (Å²) in [5, 5.41) is 0. The van der Waals surface area contributed by atoms with Crippen molar-refractivity contribution in [2.24, 2.45) is 0 Å². The van der Waals surface area contributed by atoms with Crippen LogP contribution in [0.25, 0.3) is 0 Å². The highest BCUT2D eigenvalue weighted by molar-refractivity contribution is 7.89. The SMILES string of the molecule is CCOc1ccc(S(=O)(=O)N(C)Cc2ccc3c(c2)OCO3)cc1. The van der Waals surface area contributed by atoms with E-state index >= 15 is 0 Å². The van der Waals surface area contributed by atoms with Crippen molar-refractivity contribution in [2.75, 3.05) is 20.4 Å². The largest absolute Gasteiger partial charge is 0.494 e. The summed E-state index contributed by atoms with van der Waals surface area (Å²) in [6, 6.07) is 11.8. The van der Waals surface area contributed by atoms with Crippen LogP contribution in [0.15, 0.2) is 47.4 Å². The second kappa shape index (κ2) is 6.70. The van der Waals surface area contributed by atoms with Crippen molar-refractivity contribution in [3.05, 3.63) is 48.0 Å². The van der Waals surface area contributed by atoms with Crippen LogP contribution in [0.1, 0.15) is 12.5 Å². The molecule has 0 aromatic heterocycles. The van der Waals surface area contributed by atoms with Gasteiger partial charge in [0.25, 0.3) is 0 Å². The van der Waals surface area contributed by atoms with E-state index in [0.717, 1.165) is 5.56 Å². The van der Waals surface area contributed by atoms with E-state index in [2.05, 4.69) is 0 Å². The molecule has 6 nitrogen and oxygen atoms in total. The second-order valence-corrected chi connectivity index (χ2v) is 7.40. The molecule has 0 saturated carbocycles. The van der Waals surface area contributed by atoms with Crippen molar-refractivity contribution < 1.29 is 22.6 Å². The Kier molecular flexibility index (Phi) is 4.64. The molecule has 0 aliphatic carbocycles. The van der Waals surface area contributed by atoms with Crippen molar-refractivity contribution in [2.45, 2.75) is 18.4 Å². The Labute approximate surface area is 141 Å². The maximum atomic E-state index is 12.7. The molecular formula is C17H19NO5S. The quantitative estimate of drug-likeness (QED) is 0.802. The Hall–Kier alpha value is -2.25. The van der Waals surface area contributed by atoms with Gasteiger partial charge in [-0.3, -0.25) is 0 Å². The maximum absolute atomic E-state index is 12.7. The molecule has 128 valence electrons.